The molecule has 1 aromatic heterocycles. The van der Waals surface area contributed by atoms with E-state index in [0.29, 0.717) is 11.1 Å². The van der Waals surface area contributed by atoms with Gasteiger partial charge in [0.15, 0.2) is 11.5 Å². The highest BCUT2D eigenvalue weighted by atomic mass is 32.1. The topological polar surface area (TPSA) is 60.2 Å². The number of benzene rings is 1. The molecule has 0 aliphatic carbocycles. The molecule has 0 spiro atoms. The fraction of sp³-hybridized carbons (Fsp3) is 0.357. The van der Waals surface area contributed by atoms with E-state index in [1.54, 1.807) is 0 Å². The Morgan fingerprint density at radius 1 is 1.20 bits per heavy atom. The molecular formula is C14H15NO3S2. The molecule has 4 nitrogen and oxygen atoms in total. The van der Waals surface area contributed by atoms with Gasteiger partial charge in [-0.25, -0.2) is 4.98 Å². The first-order chi connectivity index (χ1) is 9.49. The van der Waals surface area contributed by atoms with Gasteiger partial charge in [-0.1, -0.05) is 19.9 Å². The molecule has 0 saturated carbocycles. The normalized spacial score (nSPS) is 11.2. The van der Waals surface area contributed by atoms with Gasteiger partial charge in [-0.05, 0) is 30.0 Å². The number of hydrogen-bond acceptors (Lipinski definition) is 4. The van der Waals surface area contributed by atoms with E-state index in [1.807, 2.05) is 19.1 Å². The molecule has 0 amide bonds. The summed E-state index contributed by atoms with van der Waals surface area (Å²) in [6, 6.07) is 3.79. The second-order valence-electron chi connectivity index (χ2n) is 4.42. The van der Waals surface area contributed by atoms with Crippen LogP contribution in [0.25, 0.3) is 11.1 Å². The molecule has 0 radical (unpaired) electrons. The summed E-state index contributed by atoms with van der Waals surface area (Å²) in [7, 11) is 0. The van der Waals surface area contributed by atoms with E-state index < -0.39 is 16.1 Å². The maximum absolute atomic E-state index is 11.4. The predicted octanol–water partition coefficient (Wildman–Crippen LogP) is 2.95. The molecular weight excluding hydrogens is 294 g/mol. The smallest absolute Gasteiger partial charge is 0.215 e. The Morgan fingerprint density at radius 3 is 2.35 bits per heavy atom. The van der Waals surface area contributed by atoms with E-state index in [9.17, 15) is 9.59 Å². The molecule has 106 valence electrons. The second kappa shape index (κ2) is 6.01. The first-order valence-electron chi connectivity index (χ1n) is 6.36. The van der Waals surface area contributed by atoms with Crippen molar-refractivity contribution in [3.05, 3.63) is 29.2 Å². The maximum Gasteiger partial charge on any atom is 0.215 e. The van der Waals surface area contributed by atoms with Crippen molar-refractivity contribution in [1.82, 2.24) is 4.98 Å². The van der Waals surface area contributed by atoms with Crippen molar-refractivity contribution in [1.29, 1.82) is 0 Å². The third-order valence-corrected chi connectivity index (χ3v) is 3.77. The number of hydrogen-bond donors (Lipinski definition) is 2. The molecule has 2 aromatic rings. The summed E-state index contributed by atoms with van der Waals surface area (Å²) in [5, 5.41) is -1.24. The number of rotatable bonds is 5. The van der Waals surface area contributed by atoms with Gasteiger partial charge in [-0.15, -0.1) is 25.3 Å². The molecule has 0 saturated heterocycles. The van der Waals surface area contributed by atoms with Crippen molar-refractivity contribution in [2.24, 2.45) is 0 Å². The molecule has 2 rings (SSSR count). The third-order valence-electron chi connectivity index (χ3n) is 3.25. The van der Waals surface area contributed by atoms with Gasteiger partial charge in [0.2, 0.25) is 16.1 Å². The average molecular weight is 309 g/mol. The zero-order valence-electron chi connectivity index (χ0n) is 11.2. The standard InChI is InChI=1S/C14H15NO3S2/c1-3-7-5-6-9-11(8(7)4-2)15-12(18-9)10(13(16)19)14(17)20/h5-6,10H,3-4H2,1-2H3,(H,16,19)(H,17,20). The predicted molar refractivity (Wildman–Crippen MR) is 83.5 cm³/mol. The lowest BCUT2D eigenvalue weighted by Crippen LogP contribution is -2.14. The number of carbonyl (C=O) groups is 2. The van der Waals surface area contributed by atoms with Gasteiger partial charge in [0.1, 0.15) is 5.52 Å². The van der Waals surface area contributed by atoms with Crippen LogP contribution in [0.5, 0.6) is 0 Å². The van der Waals surface area contributed by atoms with Crippen molar-refractivity contribution in [2.75, 3.05) is 0 Å². The lowest BCUT2D eigenvalue weighted by Gasteiger charge is -2.04. The number of aryl methyl sites for hydroxylation is 2. The number of carbonyl (C=O) groups excluding carboxylic acids is 2. The number of nitrogens with zero attached hydrogens (tertiary/aromatic N) is 1. The monoisotopic (exact) mass is 309 g/mol. The Morgan fingerprint density at radius 2 is 1.85 bits per heavy atom. The van der Waals surface area contributed by atoms with Crippen LogP contribution in [0.2, 0.25) is 0 Å². The quantitative estimate of drug-likeness (QED) is 0.658. The van der Waals surface area contributed by atoms with Crippen LogP contribution in [0.1, 0.15) is 36.8 Å². The summed E-state index contributed by atoms with van der Waals surface area (Å²) in [6.45, 7) is 4.10. The van der Waals surface area contributed by atoms with E-state index in [1.165, 1.54) is 5.56 Å². The number of thiol groups is 2. The third kappa shape index (κ3) is 2.62. The Kier molecular flexibility index (Phi) is 4.55. The largest absolute Gasteiger partial charge is 0.439 e. The van der Waals surface area contributed by atoms with E-state index in [0.717, 1.165) is 18.4 Å². The van der Waals surface area contributed by atoms with Gasteiger partial charge in [-0.2, -0.15) is 0 Å². The SMILES string of the molecule is CCc1ccc2oc(C(C(=O)S)C(=O)S)nc2c1CC. The summed E-state index contributed by atoms with van der Waals surface area (Å²) in [5.74, 6) is -1.10. The molecule has 20 heavy (non-hydrogen) atoms. The minimum atomic E-state index is -1.16. The average Bonchev–Trinajstić information content (AvgIpc) is 2.79. The van der Waals surface area contributed by atoms with Crippen molar-refractivity contribution in [3.63, 3.8) is 0 Å². The van der Waals surface area contributed by atoms with Crippen LogP contribution in [0.15, 0.2) is 16.5 Å². The van der Waals surface area contributed by atoms with Gasteiger partial charge in [0, 0.05) is 0 Å². The van der Waals surface area contributed by atoms with Gasteiger partial charge < -0.3 is 4.42 Å². The van der Waals surface area contributed by atoms with Crippen molar-refractivity contribution >= 4 is 46.6 Å². The van der Waals surface area contributed by atoms with E-state index in [-0.39, 0.29) is 5.89 Å². The Hall–Kier alpha value is -1.27. The summed E-state index contributed by atoms with van der Waals surface area (Å²) in [4.78, 5) is 27.2. The van der Waals surface area contributed by atoms with Crippen molar-refractivity contribution < 1.29 is 14.0 Å². The molecule has 0 bridgehead atoms. The van der Waals surface area contributed by atoms with Gasteiger partial charge >= 0.3 is 0 Å². The van der Waals surface area contributed by atoms with Crippen molar-refractivity contribution in [2.45, 2.75) is 32.6 Å². The van der Waals surface area contributed by atoms with E-state index in [2.05, 4.69) is 37.2 Å². The van der Waals surface area contributed by atoms with Crippen LogP contribution in [-0.2, 0) is 22.4 Å². The highest BCUT2D eigenvalue weighted by molar-refractivity contribution is 7.99. The first kappa shape index (κ1) is 15.1. The molecule has 0 unspecified atom stereocenters. The molecule has 6 heteroatoms. The maximum atomic E-state index is 11.4. The summed E-state index contributed by atoms with van der Waals surface area (Å²) in [5.41, 5.74) is 3.54. The molecule has 0 fully saturated rings. The number of oxazole rings is 1. The molecule has 0 aliphatic rings. The molecule has 0 aliphatic heterocycles. The Balaban J connectivity index is 2.64. The summed E-state index contributed by atoms with van der Waals surface area (Å²) >= 11 is 7.41. The van der Waals surface area contributed by atoms with Gasteiger partial charge in [0.05, 0.1) is 0 Å². The van der Waals surface area contributed by atoms with Crippen LogP contribution in [0.3, 0.4) is 0 Å². The van der Waals surface area contributed by atoms with Gasteiger partial charge in [0.25, 0.3) is 0 Å². The Labute approximate surface area is 127 Å². The highest BCUT2D eigenvalue weighted by Crippen LogP contribution is 2.29. The molecule has 0 atom stereocenters. The molecule has 0 N–H and O–H groups in total. The zero-order valence-corrected chi connectivity index (χ0v) is 13.0. The van der Waals surface area contributed by atoms with Crippen LogP contribution < -0.4 is 0 Å². The van der Waals surface area contributed by atoms with Crippen LogP contribution in [0.4, 0.5) is 0 Å². The lowest BCUT2D eigenvalue weighted by molar-refractivity contribution is -0.120. The minimum absolute atomic E-state index is 0.0583. The molecule has 1 aromatic carbocycles. The summed E-state index contributed by atoms with van der Waals surface area (Å²) < 4.78 is 5.54. The Bertz CT molecular complexity index is 664. The highest BCUT2D eigenvalue weighted by Gasteiger charge is 2.29. The minimum Gasteiger partial charge on any atom is -0.439 e. The van der Waals surface area contributed by atoms with E-state index >= 15 is 0 Å². The first-order valence-corrected chi connectivity index (χ1v) is 7.25. The van der Waals surface area contributed by atoms with Crippen LogP contribution >= 0.6 is 25.3 Å². The van der Waals surface area contributed by atoms with Crippen molar-refractivity contribution in [3.8, 4) is 0 Å². The van der Waals surface area contributed by atoms with E-state index in [4.69, 9.17) is 4.42 Å². The summed E-state index contributed by atoms with van der Waals surface area (Å²) in [6.07, 6.45) is 1.70. The fourth-order valence-corrected chi connectivity index (χ4v) is 2.83. The fourth-order valence-electron chi connectivity index (χ4n) is 2.27. The zero-order chi connectivity index (χ0) is 14.9. The van der Waals surface area contributed by atoms with Crippen LogP contribution in [0, 0.1) is 0 Å². The second-order valence-corrected chi connectivity index (χ2v) is 5.30. The number of fused-ring (bicyclic) bond motifs is 1. The van der Waals surface area contributed by atoms with Crippen LogP contribution in [-0.4, -0.2) is 15.2 Å². The molecule has 1 heterocycles. The lowest BCUT2D eigenvalue weighted by atomic mass is 10.0. The van der Waals surface area contributed by atoms with Gasteiger partial charge in [-0.3, -0.25) is 9.59 Å². The number of aromatic nitrogens is 1.